The van der Waals surface area contributed by atoms with Crippen LogP contribution in [0.2, 0.25) is 0 Å². The number of amides is 1. The van der Waals surface area contributed by atoms with Crippen LogP contribution in [0.15, 0.2) is 18.2 Å². The number of carbonyl (C=O) groups is 2. The van der Waals surface area contributed by atoms with Gasteiger partial charge in [0.25, 0.3) is 0 Å². The molecule has 0 bridgehead atoms. The van der Waals surface area contributed by atoms with Gasteiger partial charge in [0.15, 0.2) is 5.78 Å². The third-order valence-electron chi connectivity index (χ3n) is 3.13. The minimum absolute atomic E-state index is 0.0376. The van der Waals surface area contributed by atoms with Gasteiger partial charge in [0.05, 0.1) is 12.2 Å². The maximum Gasteiger partial charge on any atom is 0.224 e. The zero-order chi connectivity index (χ0) is 13.8. The quantitative estimate of drug-likeness (QED) is 0.829. The van der Waals surface area contributed by atoms with Crippen molar-refractivity contribution in [3.05, 3.63) is 23.8 Å². The van der Waals surface area contributed by atoms with Crippen LogP contribution in [0.1, 0.15) is 23.7 Å². The number of anilines is 1. The van der Waals surface area contributed by atoms with E-state index in [1.807, 2.05) is 7.05 Å². The summed E-state index contributed by atoms with van der Waals surface area (Å²) < 4.78 is 5.50. The Bertz CT molecular complexity index is 499. The van der Waals surface area contributed by atoms with Gasteiger partial charge in [-0.2, -0.15) is 0 Å². The number of Topliss-reactive ketones (excluding diaryl/α,β-unsaturated/α-hetero) is 1. The molecule has 0 unspecified atom stereocenters. The van der Waals surface area contributed by atoms with Crippen LogP contribution in [0.4, 0.5) is 5.69 Å². The number of nitrogens with one attached hydrogen (secondary N) is 1. The molecule has 0 spiro atoms. The molecule has 2 rings (SSSR count). The van der Waals surface area contributed by atoms with Crippen molar-refractivity contribution in [3.63, 3.8) is 0 Å². The highest BCUT2D eigenvalue weighted by molar-refractivity contribution is 6.00. The van der Waals surface area contributed by atoms with Crippen molar-refractivity contribution in [3.8, 4) is 5.75 Å². The van der Waals surface area contributed by atoms with Crippen molar-refractivity contribution in [2.75, 3.05) is 31.6 Å². The summed E-state index contributed by atoms with van der Waals surface area (Å²) in [5, 5.41) is 2.95. The number of ether oxygens (including phenoxy) is 1. The first kappa shape index (κ1) is 13.5. The second-order valence-corrected chi connectivity index (χ2v) is 4.48. The summed E-state index contributed by atoms with van der Waals surface area (Å²) in [5.41, 5.74) is 1.31. The second-order valence-electron chi connectivity index (χ2n) is 4.48. The molecule has 5 nitrogen and oxygen atoms in total. The fourth-order valence-corrected chi connectivity index (χ4v) is 2.10. The molecule has 1 heterocycles. The van der Waals surface area contributed by atoms with E-state index in [0.717, 1.165) is 0 Å². The smallest absolute Gasteiger partial charge is 0.224 e. The van der Waals surface area contributed by atoms with E-state index in [-0.39, 0.29) is 11.7 Å². The van der Waals surface area contributed by atoms with Gasteiger partial charge in [0.2, 0.25) is 5.91 Å². The van der Waals surface area contributed by atoms with Gasteiger partial charge < -0.3 is 15.0 Å². The molecular formula is C14H18N2O3. The molecule has 0 atom stereocenters. The van der Waals surface area contributed by atoms with Gasteiger partial charge in [0, 0.05) is 25.5 Å². The highest BCUT2D eigenvalue weighted by Gasteiger charge is 2.22. The van der Waals surface area contributed by atoms with Gasteiger partial charge in [-0.3, -0.25) is 9.59 Å². The number of carbonyl (C=O) groups excluding carboxylic acids is 2. The van der Waals surface area contributed by atoms with E-state index in [1.54, 1.807) is 23.1 Å². The molecule has 0 saturated heterocycles. The molecule has 19 heavy (non-hydrogen) atoms. The van der Waals surface area contributed by atoms with Crippen LogP contribution in [0.25, 0.3) is 0 Å². The predicted molar refractivity (Wildman–Crippen MR) is 72.8 cm³/mol. The van der Waals surface area contributed by atoms with Gasteiger partial charge >= 0.3 is 0 Å². The average Bonchev–Trinajstić information content (AvgIpc) is 2.43. The van der Waals surface area contributed by atoms with Crippen LogP contribution >= 0.6 is 0 Å². The number of ketones is 1. The third-order valence-corrected chi connectivity index (χ3v) is 3.13. The van der Waals surface area contributed by atoms with E-state index in [0.29, 0.717) is 43.1 Å². The summed E-state index contributed by atoms with van der Waals surface area (Å²) in [6.45, 7) is 3.17. The molecule has 1 N–H and O–H groups in total. The number of fused-ring (bicyclic) bond motifs is 1. The number of hydrogen-bond acceptors (Lipinski definition) is 4. The molecule has 5 heteroatoms. The Morgan fingerprint density at radius 3 is 2.89 bits per heavy atom. The molecule has 0 fully saturated rings. The molecule has 0 radical (unpaired) electrons. The average molecular weight is 262 g/mol. The summed E-state index contributed by atoms with van der Waals surface area (Å²) in [5.74, 6) is 0.683. The van der Waals surface area contributed by atoms with Crippen molar-refractivity contribution in [2.45, 2.75) is 13.3 Å². The van der Waals surface area contributed by atoms with Crippen molar-refractivity contribution in [2.24, 2.45) is 0 Å². The Hall–Kier alpha value is -1.88. The Balaban J connectivity index is 2.28. The molecule has 0 aliphatic carbocycles. The van der Waals surface area contributed by atoms with Crippen molar-refractivity contribution in [1.82, 2.24) is 5.32 Å². The molecule has 0 aromatic heterocycles. The number of nitrogens with zero attached hydrogens (tertiary/aromatic N) is 1. The van der Waals surface area contributed by atoms with Gasteiger partial charge in [0.1, 0.15) is 12.4 Å². The Labute approximate surface area is 112 Å². The fraction of sp³-hybridized carbons (Fsp3) is 0.429. The number of benzene rings is 1. The summed E-state index contributed by atoms with van der Waals surface area (Å²) in [7, 11) is 1.81. The van der Waals surface area contributed by atoms with Crippen LogP contribution < -0.4 is 15.0 Å². The van der Waals surface area contributed by atoms with E-state index in [2.05, 4.69) is 5.32 Å². The van der Waals surface area contributed by atoms with Gasteiger partial charge in [-0.05, 0) is 25.2 Å². The highest BCUT2D eigenvalue weighted by Crippen LogP contribution is 2.32. The van der Waals surface area contributed by atoms with E-state index in [9.17, 15) is 9.59 Å². The Morgan fingerprint density at radius 1 is 1.42 bits per heavy atom. The van der Waals surface area contributed by atoms with E-state index in [1.165, 1.54) is 6.92 Å². The van der Waals surface area contributed by atoms with Crippen LogP contribution in [0.5, 0.6) is 5.75 Å². The summed E-state index contributed by atoms with van der Waals surface area (Å²) in [6.07, 6.45) is 0.441. The Morgan fingerprint density at radius 2 is 2.21 bits per heavy atom. The minimum Gasteiger partial charge on any atom is -0.490 e. The minimum atomic E-state index is -0.0376. The zero-order valence-electron chi connectivity index (χ0n) is 11.2. The summed E-state index contributed by atoms with van der Waals surface area (Å²) >= 11 is 0. The largest absolute Gasteiger partial charge is 0.490 e. The fourth-order valence-electron chi connectivity index (χ4n) is 2.10. The second kappa shape index (κ2) is 5.84. The maximum atomic E-state index is 12.0. The van der Waals surface area contributed by atoms with Crippen LogP contribution in [0, 0.1) is 0 Å². The van der Waals surface area contributed by atoms with Gasteiger partial charge in [-0.1, -0.05) is 0 Å². The monoisotopic (exact) mass is 262 g/mol. The molecular weight excluding hydrogens is 244 g/mol. The molecule has 1 aliphatic heterocycles. The first-order valence-electron chi connectivity index (χ1n) is 6.36. The molecule has 1 aromatic rings. The molecule has 1 aromatic carbocycles. The standard InChI is InChI=1S/C14H18N2O3/c1-10(17)16-7-8-19-14-4-3-11(9-12(14)16)13(18)5-6-15-2/h3-4,9,15H,5-8H2,1-2H3. The van der Waals surface area contributed by atoms with E-state index >= 15 is 0 Å². The third kappa shape index (κ3) is 2.93. The topological polar surface area (TPSA) is 58.6 Å². The lowest BCUT2D eigenvalue weighted by Crippen LogP contribution is -2.36. The van der Waals surface area contributed by atoms with Crippen LogP contribution in [0.3, 0.4) is 0 Å². The SMILES string of the molecule is CNCCC(=O)c1ccc2c(c1)N(C(C)=O)CCO2. The van der Waals surface area contributed by atoms with Crippen LogP contribution in [-0.4, -0.2) is 38.4 Å². The highest BCUT2D eigenvalue weighted by atomic mass is 16.5. The van der Waals surface area contributed by atoms with Gasteiger partial charge in [-0.25, -0.2) is 0 Å². The number of rotatable bonds is 4. The first-order valence-corrected chi connectivity index (χ1v) is 6.36. The molecule has 102 valence electrons. The van der Waals surface area contributed by atoms with Crippen LogP contribution in [-0.2, 0) is 4.79 Å². The van der Waals surface area contributed by atoms with E-state index < -0.39 is 0 Å². The summed E-state index contributed by atoms with van der Waals surface area (Å²) in [6, 6.07) is 5.26. The van der Waals surface area contributed by atoms with Crippen molar-refractivity contribution < 1.29 is 14.3 Å². The lowest BCUT2D eigenvalue weighted by Gasteiger charge is -2.29. The van der Waals surface area contributed by atoms with Gasteiger partial charge in [-0.15, -0.1) is 0 Å². The number of hydrogen-bond donors (Lipinski definition) is 1. The lowest BCUT2D eigenvalue weighted by molar-refractivity contribution is -0.116. The van der Waals surface area contributed by atoms with Crippen molar-refractivity contribution in [1.29, 1.82) is 0 Å². The molecule has 1 amide bonds. The lowest BCUT2D eigenvalue weighted by atomic mass is 10.1. The molecule has 0 saturated carbocycles. The Kier molecular flexibility index (Phi) is 4.16. The first-order chi connectivity index (χ1) is 9.13. The predicted octanol–water partition coefficient (Wildman–Crippen LogP) is 1.22. The molecule has 1 aliphatic rings. The maximum absolute atomic E-state index is 12.0. The van der Waals surface area contributed by atoms with Crippen molar-refractivity contribution >= 4 is 17.4 Å². The normalized spacial score (nSPS) is 13.7. The summed E-state index contributed by atoms with van der Waals surface area (Å²) in [4.78, 5) is 25.2. The zero-order valence-corrected chi connectivity index (χ0v) is 11.2. The van der Waals surface area contributed by atoms with E-state index in [4.69, 9.17) is 4.74 Å².